The standard InChI is InChI=1S/C12H16S2/c1-7-8(2)13-9-6-10(12(3,4)5)14-11(7)9/h6H,1-5H3. The van der Waals surface area contributed by atoms with E-state index in [0.29, 0.717) is 5.41 Å². The summed E-state index contributed by atoms with van der Waals surface area (Å²) in [5, 5.41) is 0. The van der Waals surface area contributed by atoms with Gasteiger partial charge in [0.1, 0.15) is 0 Å². The molecular weight excluding hydrogens is 208 g/mol. The van der Waals surface area contributed by atoms with Crippen LogP contribution in [0.1, 0.15) is 36.1 Å². The van der Waals surface area contributed by atoms with Gasteiger partial charge in [-0.2, -0.15) is 0 Å². The van der Waals surface area contributed by atoms with Crippen LogP contribution in [0, 0.1) is 13.8 Å². The fourth-order valence-electron chi connectivity index (χ4n) is 1.48. The van der Waals surface area contributed by atoms with E-state index < -0.39 is 0 Å². The minimum Gasteiger partial charge on any atom is -0.139 e. The van der Waals surface area contributed by atoms with E-state index in [0.717, 1.165) is 0 Å². The van der Waals surface area contributed by atoms with E-state index >= 15 is 0 Å². The second-order valence-electron chi connectivity index (χ2n) is 4.84. The van der Waals surface area contributed by atoms with Crippen LogP contribution in [0.15, 0.2) is 6.07 Å². The minimum absolute atomic E-state index is 0.295. The second-order valence-corrected chi connectivity index (χ2v) is 7.15. The molecule has 0 unspecified atom stereocenters. The molecule has 2 rings (SSSR count). The van der Waals surface area contributed by atoms with Crippen molar-refractivity contribution >= 4 is 32.1 Å². The van der Waals surface area contributed by atoms with Crippen molar-refractivity contribution in [3.63, 3.8) is 0 Å². The molecule has 2 heteroatoms. The van der Waals surface area contributed by atoms with Crippen LogP contribution in [0.25, 0.3) is 9.40 Å². The Bertz CT molecular complexity index is 466. The summed E-state index contributed by atoms with van der Waals surface area (Å²) in [6.45, 7) is 11.3. The molecule has 2 aromatic heterocycles. The van der Waals surface area contributed by atoms with Crippen molar-refractivity contribution in [1.82, 2.24) is 0 Å². The van der Waals surface area contributed by atoms with Gasteiger partial charge in [-0.3, -0.25) is 0 Å². The van der Waals surface area contributed by atoms with Crippen molar-refractivity contribution in [3.05, 3.63) is 21.4 Å². The van der Waals surface area contributed by atoms with Crippen LogP contribution >= 0.6 is 22.7 Å². The van der Waals surface area contributed by atoms with Gasteiger partial charge in [-0.05, 0) is 30.9 Å². The van der Waals surface area contributed by atoms with Gasteiger partial charge >= 0.3 is 0 Å². The Kier molecular flexibility index (Phi) is 2.24. The Hall–Kier alpha value is -0.340. The number of hydrogen-bond donors (Lipinski definition) is 0. The van der Waals surface area contributed by atoms with Crippen LogP contribution in [0.2, 0.25) is 0 Å². The van der Waals surface area contributed by atoms with Crippen LogP contribution in [0.4, 0.5) is 0 Å². The molecule has 2 heterocycles. The van der Waals surface area contributed by atoms with Gasteiger partial charge in [0, 0.05) is 19.2 Å². The monoisotopic (exact) mass is 224 g/mol. The van der Waals surface area contributed by atoms with E-state index in [4.69, 9.17) is 0 Å². The lowest BCUT2D eigenvalue weighted by Crippen LogP contribution is -2.07. The third kappa shape index (κ3) is 1.51. The Labute approximate surface area is 93.6 Å². The first-order chi connectivity index (χ1) is 6.39. The van der Waals surface area contributed by atoms with Crippen LogP contribution in [-0.4, -0.2) is 0 Å². The molecule has 0 fully saturated rings. The van der Waals surface area contributed by atoms with Crippen molar-refractivity contribution in [2.75, 3.05) is 0 Å². The van der Waals surface area contributed by atoms with Gasteiger partial charge in [-0.1, -0.05) is 20.8 Å². The van der Waals surface area contributed by atoms with Crippen LogP contribution in [-0.2, 0) is 5.41 Å². The summed E-state index contributed by atoms with van der Waals surface area (Å²) < 4.78 is 2.97. The fraction of sp³-hybridized carbons (Fsp3) is 0.500. The molecule has 0 aliphatic rings. The molecule has 0 amide bonds. The molecule has 0 nitrogen and oxygen atoms in total. The third-order valence-electron chi connectivity index (χ3n) is 2.57. The zero-order chi connectivity index (χ0) is 10.5. The van der Waals surface area contributed by atoms with E-state index in [9.17, 15) is 0 Å². The number of thiophene rings is 2. The van der Waals surface area contributed by atoms with E-state index in [1.165, 1.54) is 24.7 Å². The summed E-state index contributed by atoms with van der Waals surface area (Å²) in [5.41, 5.74) is 1.77. The maximum absolute atomic E-state index is 2.37. The Morgan fingerprint density at radius 3 is 2.21 bits per heavy atom. The maximum atomic E-state index is 2.37. The molecule has 0 aromatic carbocycles. The average Bonchev–Trinajstić information content (AvgIpc) is 2.54. The first-order valence-corrected chi connectivity index (χ1v) is 6.53. The Balaban J connectivity index is 2.65. The summed E-state index contributed by atoms with van der Waals surface area (Å²) in [4.78, 5) is 2.97. The second kappa shape index (κ2) is 3.07. The van der Waals surface area contributed by atoms with Gasteiger partial charge in [-0.25, -0.2) is 0 Å². The molecule has 14 heavy (non-hydrogen) atoms. The molecule has 0 saturated carbocycles. The molecule has 0 bridgehead atoms. The predicted molar refractivity (Wildman–Crippen MR) is 67.9 cm³/mol. The number of hydrogen-bond acceptors (Lipinski definition) is 2. The van der Waals surface area contributed by atoms with E-state index in [1.54, 1.807) is 0 Å². The molecule has 0 N–H and O–H groups in total. The zero-order valence-corrected chi connectivity index (χ0v) is 11.0. The predicted octanol–water partition coefficient (Wildman–Crippen LogP) is 4.88. The van der Waals surface area contributed by atoms with Gasteiger partial charge in [0.2, 0.25) is 0 Å². The van der Waals surface area contributed by atoms with Crippen molar-refractivity contribution < 1.29 is 0 Å². The largest absolute Gasteiger partial charge is 0.139 e. The lowest BCUT2D eigenvalue weighted by molar-refractivity contribution is 0.604. The molecule has 2 aromatic rings. The Morgan fingerprint density at radius 2 is 1.71 bits per heavy atom. The molecule has 0 aliphatic heterocycles. The van der Waals surface area contributed by atoms with E-state index in [2.05, 4.69) is 40.7 Å². The van der Waals surface area contributed by atoms with Gasteiger partial charge in [0.05, 0.1) is 0 Å². The molecule has 76 valence electrons. The minimum atomic E-state index is 0.295. The summed E-state index contributed by atoms with van der Waals surface area (Å²) in [6.07, 6.45) is 0. The lowest BCUT2D eigenvalue weighted by atomic mass is 9.95. The molecule has 0 radical (unpaired) electrons. The number of aryl methyl sites for hydroxylation is 2. The smallest absolute Gasteiger partial charge is 0.0485 e. The van der Waals surface area contributed by atoms with Crippen molar-refractivity contribution in [2.45, 2.75) is 40.0 Å². The first kappa shape index (κ1) is 10.2. The highest BCUT2D eigenvalue weighted by molar-refractivity contribution is 7.28. The van der Waals surface area contributed by atoms with Crippen LogP contribution in [0.5, 0.6) is 0 Å². The van der Waals surface area contributed by atoms with E-state index in [1.807, 2.05) is 22.7 Å². The molecular formula is C12H16S2. The maximum Gasteiger partial charge on any atom is 0.0485 e. The summed E-state index contributed by atoms with van der Waals surface area (Å²) in [5.74, 6) is 0. The summed E-state index contributed by atoms with van der Waals surface area (Å²) in [7, 11) is 0. The number of fused-ring (bicyclic) bond motifs is 1. The normalized spacial score (nSPS) is 12.6. The van der Waals surface area contributed by atoms with Gasteiger partial charge in [0.15, 0.2) is 0 Å². The topological polar surface area (TPSA) is 0 Å². The van der Waals surface area contributed by atoms with Crippen LogP contribution < -0.4 is 0 Å². The Morgan fingerprint density at radius 1 is 1.07 bits per heavy atom. The van der Waals surface area contributed by atoms with Crippen molar-refractivity contribution in [2.24, 2.45) is 0 Å². The lowest BCUT2D eigenvalue weighted by Gasteiger charge is -2.15. The highest BCUT2D eigenvalue weighted by atomic mass is 32.1. The number of rotatable bonds is 0. The van der Waals surface area contributed by atoms with Gasteiger partial charge in [0.25, 0.3) is 0 Å². The summed E-state index contributed by atoms with van der Waals surface area (Å²) >= 11 is 3.89. The summed E-state index contributed by atoms with van der Waals surface area (Å²) in [6, 6.07) is 2.37. The average molecular weight is 224 g/mol. The van der Waals surface area contributed by atoms with E-state index in [-0.39, 0.29) is 0 Å². The highest BCUT2D eigenvalue weighted by Crippen LogP contribution is 2.40. The van der Waals surface area contributed by atoms with Crippen LogP contribution in [0.3, 0.4) is 0 Å². The zero-order valence-electron chi connectivity index (χ0n) is 9.39. The fourth-order valence-corrected chi connectivity index (χ4v) is 4.05. The molecule has 0 saturated heterocycles. The molecule has 0 atom stereocenters. The van der Waals surface area contributed by atoms with Crippen molar-refractivity contribution in [3.8, 4) is 0 Å². The van der Waals surface area contributed by atoms with Gasteiger partial charge in [-0.15, -0.1) is 22.7 Å². The highest BCUT2D eigenvalue weighted by Gasteiger charge is 2.18. The molecule has 0 spiro atoms. The molecule has 0 aliphatic carbocycles. The first-order valence-electron chi connectivity index (χ1n) is 4.89. The third-order valence-corrected chi connectivity index (χ3v) is 5.53. The quantitative estimate of drug-likeness (QED) is 0.598. The van der Waals surface area contributed by atoms with Crippen molar-refractivity contribution in [1.29, 1.82) is 0 Å². The SMILES string of the molecule is Cc1sc2cc(C(C)(C)C)sc2c1C. The van der Waals surface area contributed by atoms with Gasteiger partial charge < -0.3 is 0 Å².